The molecule has 4 aromatic carbocycles. The molecule has 0 saturated heterocycles. The molecule has 1 aromatic heterocycles. The Kier molecular flexibility index (Phi) is 6.36. The highest BCUT2D eigenvalue weighted by atomic mass is 79.9. The summed E-state index contributed by atoms with van der Waals surface area (Å²) in [5.41, 5.74) is 8.72. The van der Waals surface area contributed by atoms with Crippen molar-refractivity contribution in [1.29, 1.82) is 0 Å². The van der Waals surface area contributed by atoms with Gasteiger partial charge in [-0.05, 0) is 70.5 Å². The van der Waals surface area contributed by atoms with Crippen molar-refractivity contribution in [2.75, 3.05) is 0 Å². The van der Waals surface area contributed by atoms with Crippen LogP contribution >= 0.6 is 15.9 Å². The number of benzene rings is 4. The maximum atomic E-state index is 9.02. The van der Waals surface area contributed by atoms with Gasteiger partial charge in [-0.15, -0.1) is 0 Å². The van der Waals surface area contributed by atoms with Crippen molar-refractivity contribution in [3.05, 3.63) is 118 Å². The SMILES string of the molecule is CC1(C)c2ccccc2Cc2ccc(Br)cc21.OB(O)c1ccc(-c2nc3ccccc3o2)cc1. The largest absolute Gasteiger partial charge is 0.488 e. The van der Waals surface area contributed by atoms with E-state index in [1.165, 1.54) is 26.7 Å². The van der Waals surface area contributed by atoms with E-state index >= 15 is 0 Å². The Morgan fingerprint density at radius 2 is 1.51 bits per heavy atom. The van der Waals surface area contributed by atoms with Crippen molar-refractivity contribution in [1.82, 2.24) is 4.98 Å². The molecule has 6 heteroatoms. The van der Waals surface area contributed by atoms with Gasteiger partial charge in [0.15, 0.2) is 5.58 Å². The van der Waals surface area contributed by atoms with E-state index in [-0.39, 0.29) is 5.41 Å². The number of para-hydroxylation sites is 2. The van der Waals surface area contributed by atoms with E-state index < -0.39 is 7.12 Å². The van der Waals surface area contributed by atoms with Crippen molar-refractivity contribution < 1.29 is 14.5 Å². The third kappa shape index (κ3) is 4.70. The predicted octanol–water partition coefficient (Wildman–Crippen LogP) is 5.85. The highest BCUT2D eigenvalue weighted by Gasteiger charge is 2.31. The molecule has 0 saturated carbocycles. The zero-order valence-corrected chi connectivity index (χ0v) is 21.2. The summed E-state index contributed by atoms with van der Waals surface area (Å²) in [5.74, 6) is 0.523. The van der Waals surface area contributed by atoms with E-state index in [2.05, 4.69) is 77.2 Å². The van der Waals surface area contributed by atoms with Crippen LogP contribution in [0.3, 0.4) is 0 Å². The first kappa shape index (κ1) is 23.6. The Morgan fingerprint density at radius 1 is 0.829 bits per heavy atom. The zero-order chi connectivity index (χ0) is 24.6. The average Bonchev–Trinajstić information content (AvgIpc) is 3.30. The Balaban J connectivity index is 0.000000145. The molecule has 0 spiro atoms. The van der Waals surface area contributed by atoms with Crippen LogP contribution in [0.15, 0.2) is 99.9 Å². The molecule has 0 radical (unpaired) electrons. The quantitative estimate of drug-likeness (QED) is 0.283. The fourth-order valence-corrected chi connectivity index (χ4v) is 5.07. The van der Waals surface area contributed by atoms with Gasteiger partial charge >= 0.3 is 7.12 Å². The van der Waals surface area contributed by atoms with Gasteiger partial charge in [-0.25, -0.2) is 4.98 Å². The summed E-state index contributed by atoms with van der Waals surface area (Å²) >= 11 is 3.58. The van der Waals surface area contributed by atoms with Crippen LogP contribution in [0.2, 0.25) is 0 Å². The highest BCUT2D eigenvalue weighted by Crippen LogP contribution is 2.41. The number of hydrogen-bond donors (Lipinski definition) is 2. The lowest BCUT2D eigenvalue weighted by Crippen LogP contribution is -2.29. The Morgan fingerprint density at radius 3 is 2.26 bits per heavy atom. The Hall–Kier alpha value is -3.19. The van der Waals surface area contributed by atoms with Gasteiger partial charge in [-0.1, -0.05) is 84.4 Å². The predicted molar refractivity (Wildman–Crippen MR) is 145 cm³/mol. The van der Waals surface area contributed by atoms with Crippen LogP contribution in [0.4, 0.5) is 0 Å². The molecule has 0 unspecified atom stereocenters. The minimum atomic E-state index is -1.46. The molecule has 4 nitrogen and oxygen atoms in total. The maximum absolute atomic E-state index is 9.02. The van der Waals surface area contributed by atoms with Gasteiger partial charge in [0.05, 0.1) is 0 Å². The summed E-state index contributed by atoms with van der Waals surface area (Å²) < 4.78 is 6.79. The second-order valence-corrected chi connectivity index (χ2v) is 10.2. The van der Waals surface area contributed by atoms with E-state index in [0.29, 0.717) is 11.4 Å². The molecule has 1 heterocycles. The lowest BCUT2D eigenvalue weighted by atomic mass is 9.69. The lowest BCUT2D eigenvalue weighted by molar-refractivity contribution is 0.426. The monoisotopic (exact) mass is 525 g/mol. The van der Waals surface area contributed by atoms with E-state index in [0.717, 1.165) is 23.1 Å². The summed E-state index contributed by atoms with van der Waals surface area (Å²) in [6.07, 6.45) is 1.06. The summed E-state index contributed by atoms with van der Waals surface area (Å²) in [7, 11) is -1.46. The summed E-state index contributed by atoms with van der Waals surface area (Å²) in [5, 5.41) is 18.0. The number of oxazole rings is 1. The van der Waals surface area contributed by atoms with Gasteiger partial charge in [-0.3, -0.25) is 0 Å². The smallest absolute Gasteiger partial charge is 0.436 e. The molecule has 0 fully saturated rings. The lowest BCUT2D eigenvalue weighted by Gasteiger charge is -2.35. The van der Waals surface area contributed by atoms with E-state index in [1.54, 1.807) is 24.3 Å². The minimum Gasteiger partial charge on any atom is -0.436 e. The molecule has 174 valence electrons. The molecular formula is C29H25BBrNO3. The van der Waals surface area contributed by atoms with E-state index in [1.807, 2.05) is 24.3 Å². The third-order valence-electron chi connectivity index (χ3n) is 6.57. The topological polar surface area (TPSA) is 66.5 Å². The average molecular weight is 526 g/mol. The normalized spacial score (nSPS) is 13.4. The van der Waals surface area contributed by atoms with Gasteiger partial charge in [0.2, 0.25) is 5.89 Å². The number of fused-ring (bicyclic) bond motifs is 3. The van der Waals surface area contributed by atoms with Crippen LogP contribution in [0.5, 0.6) is 0 Å². The van der Waals surface area contributed by atoms with Crippen LogP contribution in [-0.2, 0) is 11.8 Å². The van der Waals surface area contributed by atoms with Crippen molar-refractivity contribution in [2.24, 2.45) is 0 Å². The van der Waals surface area contributed by atoms with E-state index in [4.69, 9.17) is 14.5 Å². The molecule has 0 aliphatic heterocycles. The maximum Gasteiger partial charge on any atom is 0.488 e. The number of hydrogen-bond acceptors (Lipinski definition) is 4. The third-order valence-corrected chi connectivity index (χ3v) is 7.06. The fraction of sp³-hybridized carbons (Fsp3) is 0.138. The molecule has 0 amide bonds. The summed E-state index contributed by atoms with van der Waals surface area (Å²) in [4.78, 5) is 4.37. The molecular weight excluding hydrogens is 501 g/mol. The highest BCUT2D eigenvalue weighted by molar-refractivity contribution is 9.10. The number of nitrogens with zero attached hydrogens (tertiary/aromatic N) is 1. The molecule has 5 aromatic rings. The van der Waals surface area contributed by atoms with Crippen LogP contribution in [-0.4, -0.2) is 22.2 Å². The van der Waals surface area contributed by atoms with Gasteiger partial charge in [0.1, 0.15) is 5.52 Å². The fourth-order valence-electron chi connectivity index (χ4n) is 4.71. The number of aromatic nitrogens is 1. The first-order valence-corrected chi connectivity index (χ1v) is 12.3. The van der Waals surface area contributed by atoms with Gasteiger partial charge in [-0.2, -0.15) is 0 Å². The first-order chi connectivity index (χ1) is 16.8. The van der Waals surface area contributed by atoms with Gasteiger partial charge in [0.25, 0.3) is 0 Å². The molecule has 6 rings (SSSR count). The number of halogens is 1. The van der Waals surface area contributed by atoms with Crippen molar-refractivity contribution >= 4 is 39.6 Å². The molecule has 1 aliphatic carbocycles. The Bertz CT molecular complexity index is 1460. The molecule has 35 heavy (non-hydrogen) atoms. The van der Waals surface area contributed by atoms with Gasteiger partial charge < -0.3 is 14.5 Å². The molecule has 0 atom stereocenters. The van der Waals surface area contributed by atoms with Crippen molar-refractivity contribution in [2.45, 2.75) is 25.7 Å². The van der Waals surface area contributed by atoms with Crippen molar-refractivity contribution in [3.8, 4) is 11.5 Å². The summed E-state index contributed by atoms with van der Waals surface area (Å²) in [6, 6.07) is 29.8. The second-order valence-electron chi connectivity index (χ2n) is 9.24. The van der Waals surface area contributed by atoms with Crippen molar-refractivity contribution in [3.63, 3.8) is 0 Å². The zero-order valence-electron chi connectivity index (χ0n) is 19.6. The Labute approximate surface area is 213 Å². The second kappa shape index (κ2) is 9.46. The first-order valence-electron chi connectivity index (χ1n) is 11.5. The summed E-state index contributed by atoms with van der Waals surface area (Å²) in [6.45, 7) is 4.63. The number of rotatable bonds is 2. The molecule has 1 aliphatic rings. The van der Waals surface area contributed by atoms with Crippen LogP contribution < -0.4 is 5.46 Å². The minimum absolute atomic E-state index is 0.105. The molecule has 2 N–H and O–H groups in total. The molecule has 0 bridgehead atoms. The van der Waals surface area contributed by atoms with E-state index in [9.17, 15) is 0 Å². The van der Waals surface area contributed by atoms with Crippen LogP contribution in [0.25, 0.3) is 22.6 Å². The standard InChI is InChI=1S/C16H15Br.C13H10BNO3/c1-16(2)14-6-4-3-5-11(14)9-12-7-8-13(17)10-15(12)16;16-14(17)10-7-5-9(6-8-10)13-15-11-3-1-2-4-12(11)18-13/h3-8,10H,9H2,1-2H3;1-8,16-17H. The van der Waals surface area contributed by atoms with Crippen LogP contribution in [0.1, 0.15) is 36.1 Å². The van der Waals surface area contributed by atoms with Crippen LogP contribution in [0, 0.1) is 0 Å². The van der Waals surface area contributed by atoms with Gasteiger partial charge in [0, 0.05) is 15.5 Å².